The van der Waals surface area contributed by atoms with Crippen molar-refractivity contribution in [2.24, 2.45) is 5.14 Å². The largest absolute Gasteiger partial charge is 0.493 e. The number of rotatable bonds is 10. The molecule has 0 fully saturated rings. The third kappa shape index (κ3) is 6.95. The van der Waals surface area contributed by atoms with Crippen molar-refractivity contribution in [3.05, 3.63) is 86.8 Å². The number of benzene rings is 3. The molecule has 0 aliphatic rings. The maximum absolute atomic E-state index is 11.3. The van der Waals surface area contributed by atoms with Gasteiger partial charge in [0, 0.05) is 11.6 Å². The Bertz CT molecular complexity index is 1170. The van der Waals surface area contributed by atoms with Gasteiger partial charge in [-0.15, -0.1) is 0 Å². The second kappa shape index (κ2) is 11.2. The molecule has 0 heterocycles. The summed E-state index contributed by atoms with van der Waals surface area (Å²) < 4.78 is 35.0. The van der Waals surface area contributed by atoms with Crippen LogP contribution in [0.5, 0.6) is 11.5 Å². The second-order valence-electron chi connectivity index (χ2n) is 7.14. The van der Waals surface area contributed by atoms with Gasteiger partial charge in [-0.25, -0.2) is 13.6 Å². The zero-order chi connectivity index (χ0) is 23.1. The quantitative estimate of drug-likeness (QED) is 0.366. The van der Waals surface area contributed by atoms with Crippen LogP contribution in [-0.2, 0) is 29.6 Å². The number of hydrogen-bond donors (Lipinski definition) is 2. The normalized spacial score (nSPS) is 11.4. The lowest BCUT2D eigenvalue weighted by Crippen LogP contribution is -2.17. The molecular formula is C23H24BrClN2O4S. The molecule has 9 heteroatoms. The molecule has 0 amide bonds. The number of sulfonamides is 1. The third-order valence-electron chi connectivity index (χ3n) is 4.73. The van der Waals surface area contributed by atoms with E-state index in [1.165, 1.54) is 12.1 Å². The van der Waals surface area contributed by atoms with Crippen molar-refractivity contribution in [2.45, 2.75) is 24.5 Å². The summed E-state index contributed by atoms with van der Waals surface area (Å²) in [6.07, 6.45) is 0.754. The summed E-state index contributed by atoms with van der Waals surface area (Å²) in [6.45, 7) is 1.73. The van der Waals surface area contributed by atoms with Gasteiger partial charge in [-0.2, -0.15) is 0 Å². The van der Waals surface area contributed by atoms with E-state index in [1.807, 2.05) is 36.4 Å². The first-order valence-corrected chi connectivity index (χ1v) is 12.5. The van der Waals surface area contributed by atoms with Crippen LogP contribution >= 0.6 is 27.5 Å². The fourth-order valence-corrected chi connectivity index (χ4v) is 4.44. The van der Waals surface area contributed by atoms with Crippen LogP contribution in [0.15, 0.2) is 70.0 Å². The number of nitrogens with two attached hydrogens (primary N) is 1. The van der Waals surface area contributed by atoms with Crippen LogP contribution in [0.1, 0.15) is 16.7 Å². The monoisotopic (exact) mass is 538 g/mol. The van der Waals surface area contributed by atoms with Gasteiger partial charge < -0.3 is 14.8 Å². The molecule has 170 valence electrons. The van der Waals surface area contributed by atoms with Gasteiger partial charge in [0.1, 0.15) is 6.61 Å². The van der Waals surface area contributed by atoms with Gasteiger partial charge in [-0.3, -0.25) is 0 Å². The minimum atomic E-state index is -3.67. The maximum Gasteiger partial charge on any atom is 0.238 e. The minimum Gasteiger partial charge on any atom is -0.493 e. The van der Waals surface area contributed by atoms with Crippen molar-refractivity contribution in [3.63, 3.8) is 0 Å². The Kier molecular flexibility index (Phi) is 8.56. The predicted molar refractivity (Wildman–Crippen MR) is 130 cm³/mol. The van der Waals surface area contributed by atoms with E-state index in [-0.39, 0.29) is 4.90 Å². The Hall–Kier alpha value is -2.10. The van der Waals surface area contributed by atoms with Crippen LogP contribution in [0.4, 0.5) is 0 Å². The molecule has 0 unspecified atom stereocenters. The average Bonchev–Trinajstić information content (AvgIpc) is 2.75. The molecule has 0 saturated carbocycles. The van der Waals surface area contributed by atoms with E-state index < -0.39 is 10.0 Å². The zero-order valence-electron chi connectivity index (χ0n) is 17.5. The van der Waals surface area contributed by atoms with E-state index in [0.29, 0.717) is 29.7 Å². The molecular weight excluding hydrogens is 516 g/mol. The van der Waals surface area contributed by atoms with E-state index in [0.717, 1.165) is 34.1 Å². The smallest absolute Gasteiger partial charge is 0.238 e. The lowest BCUT2D eigenvalue weighted by Gasteiger charge is -2.15. The van der Waals surface area contributed by atoms with E-state index in [1.54, 1.807) is 19.2 Å². The Morgan fingerprint density at radius 2 is 1.78 bits per heavy atom. The standard InChI is InChI=1S/C23H24BrClN2O4S/c1-30-22-13-18(12-21(24)23(22)31-15-17-3-2-4-19(25)11-17)14-27-10-9-16-5-7-20(8-6-16)32(26,28)29/h2-8,11-13,27H,9-10,14-15H2,1H3,(H2,26,28,29). The Morgan fingerprint density at radius 3 is 2.44 bits per heavy atom. The van der Waals surface area contributed by atoms with Gasteiger partial charge >= 0.3 is 0 Å². The van der Waals surface area contributed by atoms with Crippen LogP contribution in [0.2, 0.25) is 5.02 Å². The molecule has 3 N–H and O–H groups in total. The van der Waals surface area contributed by atoms with E-state index in [9.17, 15) is 8.42 Å². The molecule has 0 spiro atoms. The minimum absolute atomic E-state index is 0.115. The van der Waals surface area contributed by atoms with Gasteiger partial charge in [0.2, 0.25) is 10.0 Å². The van der Waals surface area contributed by atoms with Crippen LogP contribution < -0.4 is 19.9 Å². The Balaban J connectivity index is 1.56. The van der Waals surface area contributed by atoms with Gasteiger partial charge in [-0.1, -0.05) is 35.9 Å². The number of methoxy groups -OCH3 is 1. The average molecular weight is 540 g/mol. The number of hydrogen-bond acceptors (Lipinski definition) is 5. The van der Waals surface area contributed by atoms with Crippen LogP contribution in [0.25, 0.3) is 0 Å². The Labute approximate surface area is 201 Å². The highest BCUT2D eigenvalue weighted by atomic mass is 79.9. The van der Waals surface area contributed by atoms with Crippen molar-refractivity contribution in [1.82, 2.24) is 5.32 Å². The fraction of sp³-hybridized carbons (Fsp3) is 0.217. The lowest BCUT2D eigenvalue weighted by atomic mass is 10.1. The molecule has 0 aromatic heterocycles. The van der Waals surface area contributed by atoms with Crippen LogP contribution in [0, 0.1) is 0 Å². The molecule has 0 bridgehead atoms. The van der Waals surface area contributed by atoms with Gasteiger partial charge in [0.15, 0.2) is 11.5 Å². The SMILES string of the molecule is COc1cc(CNCCc2ccc(S(N)(=O)=O)cc2)cc(Br)c1OCc1cccc(Cl)c1. The predicted octanol–water partition coefficient (Wildman–Crippen LogP) is 4.67. The highest BCUT2D eigenvalue weighted by molar-refractivity contribution is 9.10. The number of halogens is 2. The van der Waals surface area contributed by atoms with Crippen molar-refractivity contribution in [2.75, 3.05) is 13.7 Å². The topological polar surface area (TPSA) is 90.6 Å². The molecule has 3 aromatic carbocycles. The van der Waals surface area contributed by atoms with Gasteiger partial charge in [0.25, 0.3) is 0 Å². The first-order chi connectivity index (χ1) is 15.3. The molecule has 3 aromatic rings. The van der Waals surface area contributed by atoms with E-state index >= 15 is 0 Å². The van der Waals surface area contributed by atoms with Crippen molar-refractivity contribution < 1.29 is 17.9 Å². The summed E-state index contributed by atoms with van der Waals surface area (Å²) >= 11 is 9.61. The molecule has 0 saturated heterocycles. The summed E-state index contributed by atoms with van der Waals surface area (Å²) in [6, 6.07) is 18.0. The summed E-state index contributed by atoms with van der Waals surface area (Å²) in [5.74, 6) is 1.27. The Morgan fingerprint density at radius 1 is 1.03 bits per heavy atom. The van der Waals surface area contributed by atoms with Gasteiger partial charge in [0.05, 0.1) is 16.5 Å². The van der Waals surface area contributed by atoms with E-state index in [4.69, 9.17) is 26.2 Å². The summed E-state index contributed by atoms with van der Waals surface area (Å²) in [5, 5.41) is 9.17. The second-order valence-corrected chi connectivity index (χ2v) is 10.00. The number of primary sulfonamides is 1. The van der Waals surface area contributed by atoms with Crippen molar-refractivity contribution in [1.29, 1.82) is 0 Å². The molecule has 32 heavy (non-hydrogen) atoms. The highest BCUT2D eigenvalue weighted by Crippen LogP contribution is 2.37. The molecule has 6 nitrogen and oxygen atoms in total. The lowest BCUT2D eigenvalue weighted by molar-refractivity contribution is 0.282. The molecule has 0 aliphatic heterocycles. The maximum atomic E-state index is 11.3. The van der Waals surface area contributed by atoms with Crippen molar-refractivity contribution >= 4 is 37.6 Å². The van der Waals surface area contributed by atoms with Crippen LogP contribution in [0.3, 0.4) is 0 Å². The molecule has 0 atom stereocenters. The molecule has 3 rings (SSSR count). The first-order valence-electron chi connectivity index (χ1n) is 9.82. The summed E-state index contributed by atoms with van der Waals surface area (Å²) in [5.41, 5.74) is 3.02. The molecule has 0 radical (unpaired) electrons. The summed E-state index contributed by atoms with van der Waals surface area (Å²) in [7, 11) is -2.06. The molecule has 0 aliphatic carbocycles. The van der Waals surface area contributed by atoms with Crippen LogP contribution in [-0.4, -0.2) is 22.1 Å². The van der Waals surface area contributed by atoms with E-state index in [2.05, 4.69) is 21.2 Å². The van der Waals surface area contributed by atoms with Gasteiger partial charge in [-0.05, 0) is 82.0 Å². The van der Waals surface area contributed by atoms with Crippen molar-refractivity contribution in [3.8, 4) is 11.5 Å². The number of ether oxygens (including phenoxy) is 2. The zero-order valence-corrected chi connectivity index (χ0v) is 20.6. The third-order valence-corrected chi connectivity index (χ3v) is 6.49. The summed E-state index contributed by atoms with van der Waals surface area (Å²) in [4.78, 5) is 0.115. The number of nitrogens with one attached hydrogen (secondary N) is 1. The highest BCUT2D eigenvalue weighted by Gasteiger charge is 2.12. The fourth-order valence-electron chi connectivity index (χ4n) is 3.11. The first kappa shape index (κ1) is 24.5.